The van der Waals surface area contributed by atoms with Gasteiger partial charge in [-0.3, -0.25) is 9.29 Å². The topological polar surface area (TPSA) is 99.0 Å². The molecule has 2 aromatic carbocycles. The number of anilines is 1. The first-order valence-corrected chi connectivity index (χ1v) is 10.7. The Balaban J connectivity index is 1.43. The van der Waals surface area contributed by atoms with Gasteiger partial charge in [-0.25, -0.2) is 13.4 Å². The number of sulfonamides is 1. The zero-order valence-corrected chi connectivity index (χ0v) is 17.2. The molecule has 2 aromatic heterocycles. The fraction of sp³-hybridized carbons (Fsp3) is 0. The number of hydrogen-bond donors (Lipinski definition) is 1. The van der Waals surface area contributed by atoms with E-state index in [-0.39, 0.29) is 4.90 Å². The lowest BCUT2D eigenvalue weighted by Gasteiger charge is -2.09. The van der Waals surface area contributed by atoms with E-state index in [9.17, 15) is 8.42 Å². The molecule has 146 valence electrons. The summed E-state index contributed by atoms with van der Waals surface area (Å²) in [6.45, 7) is 0. The minimum absolute atomic E-state index is 0.175. The minimum atomic E-state index is -3.67. The molecule has 1 N–H and O–H groups in total. The van der Waals surface area contributed by atoms with Gasteiger partial charge in [0.15, 0.2) is 5.82 Å². The van der Waals surface area contributed by atoms with Gasteiger partial charge in [0.2, 0.25) is 5.88 Å². The Labute approximate surface area is 175 Å². The third-order valence-electron chi connectivity index (χ3n) is 3.85. The molecule has 2 heterocycles. The summed E-state index contributed by atoms with van der Waals surface area (Å²) in [4.78, 5) is 4.13. The predicted octanol–water partition coefficient (Wildman–Crippen LogP) is 4.02. The first-order valence-electron chi connectivity index (χ1n) is 8.38. The van der Waals surface area contributed by atoms with Gasteiger partial charge in [-0.2, -0.15) is 0 Å². The molecule has 0 aliphatic heterocycles. The summed E-state index contributed by atoms with van der Waals surface area (Å²) in [5.74, 6) is 1.44. The summed E-state index contributed by atoms with van der Waals surface area (Å²) in [5.41, 5.74) is 0.418. The Morgan fingerprint density at radius 2 is 1.69 bits per heavy atom. The molecule has 4 aromatic rings. The van der Waals surface area contributed by atoms with E-state index in [4.69, 9.17) is 4.74 Å². The van der Waals surface area contributed by atoms with Crippen LogP contribution in [0.5, 0.6) is 11.6 Å². The average Bonchev–Trinajstić information content (AvgIpc) is 3.25. The first kappa shape index (κ1) is 19.1. The number of imidazole rings is 1. The fourth-order valence-corrected chi connectivity index (χ4v) is 3.76. The molecule has 8 nitrogen and oxygen atoms in total. The number of ether oxygens (including phenoxy) is 1. The lowest BCUT2D eigenvalue weighted by molar-refractivity contribution is 0.454. The Morgan fingerprint density at radius 1 is 0.931 bits per heavy atom. The van der Waals surface area contributed by atoms with Crippen molar-refractivity contribution in [3.63, 3.8) is 0 Å². The van der Waals surface area contributed by atoms with Gasteiger partial charge < -0.3 is 4.74 Å². The number of nitrogens with zero attached hydrogens (tertiary/aromatic N) is 4. The maximum absolute atomic E-state index is 12.4. The van der Waals surface area contributed by atoms with Gasteiger partial charge in [-0.1, -0.05) is 15.9 Å². The van der Waals surface area contributed by atoms with Crippen molar-refractivity contribution in [1.29, 1.82) is 0 Å². The van der Waals surface area contributed by atoms with Crippen LogP contribution < -0.4 is 9.46 Å². The van der Waals surface area contributed by atoms with E-state index >= 15 is 0 Å². The lowest BCUT2D eigenvalue weighted by atomic mass is 10.3. The molecule has 0 amide bonds. The molecule has 0 aliphatic carbocycles. The molecule has 10 heteroatoms. The Bertz CT molecular complexity index is 1190. The number of aromatic nitrogens is 4. The van der Waals surface area contributed by atoms with E-state index in [0.29, 0.717) is 23.1 Å². The van der Waals surface area contributed by atoms with Crippen molar-refractivity contribution in [3.05, 3.63) is 83.9 Å². The normalized spacial score (nSPS) is 11.2. The van der Waals surface area contributed by atoms with Gasteiger partial charge in [0.25, 0.3) is 10.0 Å². The van der Waals surface area contributed by atoms with Gasteiger partial charge in [-0.05, 0) is 54.6 Å². The molecule has 0 radical (unpaired) electrons. The van der Waals surface area contributed by atoms with Crippen molar-refractivity contribution >= 4 is 31.6 Å². The number of hydrogen-bond acceptors (Lipinski definition) is 6. The number of benzene rings is 2. The second-order valence-corrected chi connectivity index (χ2v) is 8.48. The molecule has 0 atom stereocenters. The third-order valence-corrected chi connectivity index (χ3v) is 5.77. The van der Waals surface area contributed by atoms with E-state index < -0.39 is 10.0 Å². The molecule has 4 rings (SSSR count). The lowest BCUT2D eigenvalue weighted by Crippen LogP contribution is -2.12. The Hall–Kier alpha value is -3.24. The summed E-state index contributed by atoms with van der Waals surface area (Å²) in [6.07, 6.45) is 5.04. The molecule has 0 unspecified atom stereocenters. The van der Waals surface area contributed by atoms with Crippen LogP contribution in [-0.4, -0.2) is 28.2 Å². The van der Waals surface area contributed by atoms with Crippen LogP contribution in [0.25, 0.3) is 5.82 Å². The molecule has 0 saturated carbocycles. The summed E-state index contributed by atoms with van der Waals surface area (Å²) in [6, 6.07) is 16.3. The molecule has 29 heavy (non-hydrogen) atoms. The Kier molecular flexibility index (Phi) is 5.28. The second-order valence-electron chi connectivity index (χ2n) is 5.89. The molecule has 0 saturated heterocycles. The maximum Gasteiger partial charge on any atom is 0.261 e. The number of rotatable bonds is 6. The van der Waals surface area contributed by atoms with E-state index in [0.717, 1.165) is 4.47 Å². The summed E-state index contributed by atoms with van der Waals surface area (Å²) < 4.78 is 35.6. The zero-order valence-electron chi connectivity index (χ0n) is 14.8. The van der Waals surface area contributed by atoms with Crippen LogP contribution in [0.2, 0.25) is 0 Å². The highest BCUT2D eigenvalue weighted by atomic mass is 79.9. The SMILES string of the molecule is O=S(=O)(Nc1ccc(Oc2ccc(-n3ccnc3)nn2)cc1)c1ccc(Br)cc1. The van der Waals surface area contributed by atoms with Crippen LogP contribution in [0.4, 0.5) is 5.69 Å². The van der Waals surface area contributed by atoms with Gasteiger partial charge in [0.1, 0.15) is 12.1 Å². The highest BCUT2D eigenvalue weighted by molar-refractivity contribution is 9.10. The van der Waals surface area contributed by atoms with Crippen molar-refractivity contribution in [3.8, 4) is 17.4 Å². The number of nitrogens with one attached hydrogen (secondary N) is 1. The highest BCUT2D eigenvalue weighted by Crippen LogP contribution is 2.23. The summed E-state index contributed by atoms with van der Waals surface area (Å²) >= 11 is 3.29. The molecular formula is C19H14BrN5O3S. The van der Waals surface area contributed by atoms with Crippen molar-refractivity contribution in [1.82, 2.24) is 19.7 Å². The van der Waals surface area contributed by atoms with Crippen molar-refractivity contribution in [2.24, 2.45) is 0 Å². The standard InChI is InChI=1S/C19H14BrN5O3S/c20-14-1-7-17(8-2-14)29(26,27)24-15-3-5-16(6-4-15)28-19-10-9-18(22-23-19)25-12-11-21-13-25/h1-13,24H. The monoisotopic (exact) mass is 471 g/mol. The fourth-order valence-electron chi connectivity index (χ4n) is 2.44. The average molecular weight is 472 g/mol. The van der Waals surface area contributed by atoms with Crippen LogP contribution in [0.1, 0.15) is 0 Å². The van der Waals surface area contributed by atoms with Crippen LogP contribution in [-0.2, 0) is 10.0 Å². The van der Waals surface area contributed by atoms with E-state index in [2.05, 4.69) is 35.8 Å². The van der Waals surface area contributed by atoms with Crippen molar-refractivity contribution in [2.45, 2.75) is 4.90 Å². The van der Waals surface area contributed by atoms with Gasteiger partial charge >= 0.3 is 0 Å². The van der Waals surface area contributed by atoms with Crippen LogP contribution in [0.3, 0.4) is 0 Å². The first-order chi connectivity index (χ1) is 14.0. The molecule has 0 aliphatic rings. The molecule has 0 fully saturated rings. The Morgan fingerprint density at radius 3 is 2.31 bits per heavy atom. The molecule has 0 bridgehead atoms. The van der Waals surface area contributed by atoms with E-state index in [1.54, 1.807) is 71.8 Å². The smallest absolute Gasteiger partial charge is 0.261 e. The summed E-state index contributed by atoms with van der Waals surface area (Å²) in [7, 11) is -3.67. The predicted molar refractivity (Wildman–Crippen MR) is 111 cm³/mol. The van der Waals surface area contributed by atoms with Gasteiger partial charge in [0.05, 0.1) is 4.90 Å². The molecule has 0 spiro atoms. The van der Waals surface area contributed by atoms with Crippen LogP contribution in [0, 0.1) is 0 Å². The van der Waals surface area contributed by atoms with E-state index in [1.165, 1.54) is 12.1 Å². The van der Waals surface area contributed by atoms with Crippen LogP contribution >= 0.6 is 15.9 Å². The minimum Gasteiger partial charge on any atom is -0.438 e. The quantitative estimate of drug-likeness (QED) is 0.455. The van der Waals surface area contributed by atoms with Crippen molar-refractivity contribution in [2.75, 3.05) is 4.72 Å². The number of halogens is 1. The highest BCUT2D eigenvalue weighted by Gasteiger charge is 2.14. The second kappa shape index (κ2) is 8.02. The third kappa shape index (κ3) is 4.61. The van der Waals surface area contributed by atoms with E-state index in [1.807, 2.05) is 0 Å². The zero-order chi connectivity index (χ0) is 20.3. The maximum atomic E-state index is 12.4. The molecular weight excluding hydrogens is 458 g/mol. The largest absolute Gasteiger partial charge is 0.438 e. The van der Waals surface area contributed by atoms with Crippen LogP contribution in [0.15, 0.2) is 88.8 Å². The van der Waals surface area contributed by atoms with Crippen molar-refractivity contribution < 1.29 is 13.2 Å². The van der Waals surface area contributed by atoms with Gasteiger partial charge in [-0.15, -0.1) is 10.2 Å². The summed E-state index contributed by atoms with van der Waals surface area (Å²) in [5, 5.41) is 8.10. The van der Waals surface area contributed by atoms with Gasteiger partial charge in [0, 0.05) is 28.6 Å².